The predicted octanol–water partition coefficient (Wildman–Crippen LogP) is -6.33. The fraction of sp³-hybridized carbons (Fsp3) is 0.846. The molecule has 0 aliphatic rings. The van der Waals surface area contributed by atoms with E-state index in [1.165, 1.54) is 38.2 Å². The summed E-state index contributed by atoms with van der Waals surface area (Å²) in [7, 11) is -6.90. The Labute approximate surface area is 208 Å². The van der Waals surface area contributed by atoms with E-state index in [0.717, 1.165) is 25.3 Å². The number of hydrogen-bond donors (Lipinski definition) is 1. The minimum absolute atomic E-state index is 0. The third kappa shape index (κ3) is 16.8. The van der Waals surface area contributed by atoms with Gasteiger partial charge in [0.05, 0.1) is 0 Å². The molecule has 10 heteroatoms. The third-order valence-corrected chi connectivity index (χ3v) is 5.69. The molecular weight excluding hydrogens is 367 g/mol. The van der Waals surface area contributed by atoms with Crippen LogP contribution < -0.4 is 98.5 Å². The van der Waals surface area contributed by atoms with Crippen LogP contribution in [0.1, 0.15) is 64.7 Å². The molecule has 0 aliphatic carbocycles. The van der Waals surface area contributed by atoms with E-state index >= 15 is 0 Å². The summed E-state index contributed by atoms with van der Waals surface area (Å²) in [5.74, 6) is 0. The monoisotopic (exact) mass is 392 g/mol. The van der Waals surface area contributed by atoms with Crippen molar-refractivity contribution in [2.45, 2.75) is 69.8 Å². The fourth-order valence-electron chi connectivity index (χ4n) is 1.82. The zero-order valence-electron chi connectivity index (χ0n) is 15.0. The molecule has 118 valence electrons. The van der Waals surface area contributed by atoms with Gasteiger partial charge in [0.25, 0.3) is 0 Å². The minimum atomic E-state index is -5.30. The summed E-state index contributed by atoms with van der Waals surface area (Å²) in [6, 6.07) is 0. The molecule has 0 aromatic carbocycles. The van der Waals surface area contributed by atoms with Crippen molar-refractivity contribution in [2.24, 2.45) is 0 Å². The van der Waals surface area contributed by atoms with E-state index in [1.807, 2.05) is 0 Å². The van der Waals surface area contributed by atoms with E-state index in [0.29, 0.717) is 6.42 Å². The number of aliphatic hydroxyl groups is 1. The second-order valence-electron chi connectivity index (χ2n) is 4.99. The molecule has 2 atom stereocenters. The maximum absolute atomic E-state index is 10.8. The van der Waals surface area contributed by atoms with Crippen LogP contribution in [0.3, 0.4) is 0 Å². The second-order valence-corrected chi connectivity index (χ2v) is 8.06. The van der Waals surface area contributed by atoms with Crippen molar-refractivity contribution in [3.8, 4) is 0 Å². The van der Waals surface area contributed by atoms with E-state index in [1.54, 1.807) is 0 Å². The van der Waals surface area contributed by atoms with Gasteiger partial charge in [0, 0.05) is 7.60 Å². The van der Waals surface area contributed by atoms with Crippen molar-refractivity contribution < 1.29 is 113 Å². The van der Waals surface area contributed by atoms with Crippen molar-refractivity contribution in [1.29, 1.82) is 0 Å². The summed E-state index contributed by atoms with van der Waals surface area (Å²) < 4.78 is 21.4. The van der Waals surface area contributed by atoms with Crippen LogP contribution >= 0.6 is 16.1 Å². The number of allylic oxidation sites excluding steroid dienone is 1. The van der Waals surface area contributed by atoms with Crippen LogP contribution in [0.4, 0.5) is 0 Å². The van der Waals surface area contributed by atoms with E-state index in [-0.39, 0.29) is 88.7 Å². The van der Waals surface area contributed by atoms with E-state index in [9.17, 15) is 24.0 Å². The van der Waals surface area contributed by atoms with Gasteiger partial charge in [-0.05, 0) is 18.9 Å². The topological polar surface area (TPSA) is 100 Å². The van der Waals surface area contributed by atoms with Gasteiger partial charge in [0.2, 0.25) is 0 Å². The standard InChI is InChI=1S/C13H26O5P2.3Na/c1-2-3-4-5-6-7-8-9-10-11-12-13(14,19-15)20(16,17)18;;;/h11-12,14H,2-10H2,1H3,(H2,16,17,18);;;/q;3*+1/p-1. The van der Waals surface area contributed by atoms with Crippen LogP contribution in [0.15, 0.2) is 12.2 Å². The summed E-state index contributed by atoms with van der Waals surface area (Å²) in [6.07, 6.45) is 12.1. The largest absolute Gasteiger partial charge is 1.00 e. The van der Waals surface area contributed by atoms with Gasteiger partial charge in [-0.1, -0.05) is 62.5 Å². The minimum Gasteiger partial charge on any atom is -0.805 e. The van der Waals surface area contributed by atoms with Gasteiger partial charge in [-0.15, -0.1) is 0 Å². The van der Waals surface area contributed by atoms with E-state index in [4.69, 9.17) is 0 Å². The van der Waals surface area contributed by atoms with Crippen LogP contribution in [-0.4, -0.2) is 10.2 Å². The number of rotatable bonds is 12. The summed E-state index contributed by atoms with van der Waals surface area (Å²) in [4.78, 5) is 21.5. The molecule has 0 aromatic heterocycles. The predicted molar refractivity (Wildman–Crippen MR) is 77.9 cm³/mol. The van der Waals surface area contributed by atoms with Gasteiger partial charge < -0.3 is 19.5 Å². The maximum Gasteiger partial charge on any atom is 1.00 e. The Morgan fingerprint density at radius 1 is 1.00 bits per heavy atom. The zero-order valence-corrected chi connectivity index (χ0v) is 22.9. The molecule has 0 saturated heterocycles. The Bertz CT molecular complexity index is 353. The molecule has 0 saturated carbocycles. The summed E-state index contributed by atoms with van der Waals surface area (Å²) in [6.45, 7) is 2.18. The van der Waals surface area contributed by atoms with Crippen molar-refractivity contribution in [3.63, 3.8) is 0 Å². The molecule has 0 spiro atoms. The first-order valence-corrected chi connectivity index (χ1v) is 9.64. The number of unbranched alkanes of at least 4 members (excludes halogenated alkanes) is 8. The smallest absolute Gasteiger partial charge is 0.805 e. The average Bonchev–Trinajstić information content (AvgIpc) is 2.39. The van der Waals surface area contributed by atoms with E-state index in [2.05, 4.69) is 6.92 Å². The maximum atomic E-state index is 10.8. The van der Waals surface area contributed by atoms with Crippen LogP contribution in [0.5, 0.6) is 0 Å². The van der Waals surface area contributed by atoms with Crippen molar-refractivity contribution in [1.82, 2.24) is 0 Å². The third-order valence-electron chi connectivity index (χ3n) is 3.14. The van der Waals surface area contributed by atoms with Gasteiger partial charge in [-0.2, -0.15) is 0 Å². The van der Waals surface area contributed by atoms with Crippen molar-refractivity contribution in [2.75, 3.05) is 0 Å². The molecule has 23 heavy (non-hydrogen) atoms. The Hall–Kier alpha value is 2.95. The molecule has 0 aromatic rings. The Morgan fingerprint density at radius 3 is 1.83 bits per heavy atom. The number of hydrogen-bond acceptors (Lipinski definition) is 5. The zero-order chi connectivity index (χ0) is 15.5. The summed E-state index contributed by atoms with van der Waals surface area (Å²) >= 11 is 0. The fourth-order valence-corrected chi connectivity index (χ4v) is 2.75. The molecule has 0 aliphatic heterocycles. The molecule has 1 N–H and O–H groups in total. The average molecular weight is 392 g/mol. The first-order chi connectivity index (χ1) is 9.37. The molecule has 2 unspecified atom stereocenters. The molecular formula is C13H25Na3O5P2+2. The quantitative estimate of drug-likeness (QED) is 0.154. The van der Waals surface area contributed by atoms with Gasteiger partial charge in [-0.25, -0.2) is 0 Å². The molecule has 0 radical (unpaired) electrons. The second kappa shape index (κ2) is 19.7. The summed E-state index contributed by atoms with van der Waals surface area (Å²) in [5, 5.41) is 6.66. The molecule has 0 fully saturated rings. The van der Waals surface area contributed by atoms with Crippen molar-refractivity contribution in [3.05, 3.63) is 12.2 Å². The van der Waals surface area contributed by atoms with E-state index < -0.39 is 21.1 Å². The van der Waals surface area contributed by atoms with Crippen molar-refractivity contribution >= 4 is 16.1 Å². The molecule has 0 amide bonds. The molecule has 5 nitrogen and oxygen atoms in total. The Morgan fingerprint density at radius 2 is 1.43 bits per heavy atom. The van der Waals surface area contributed by atoms with Crippen LogP contribution in [0.25, 0.3) is 0 Å². The van der Waals surface area contributed by atoms with Gasteiger partial charge in [0.15, 0.2) is 0 Å². The normalized spacial score (nSPS) is 13.7. The SMILES string of the molecule is CCCCCCCCCCC=CC(O)([PH+]=O)P(=O)([O-])[O-].[Na+].[Na+].[Na+]. The molecule has 0 heterocycles. The van der Waals surface area contributed by atoms with Crippen LogP contribution in [0, 0.1) is 0 Å². The molecule has 0 rings (SSSR count). The first kappa shape index (κ1) is 33.5. The Kier molecular flexibility index (Phi) is 28.7. The molecule has 0 bridgehead atoms. The Balaban J connectivity index is -0.000000602. The van der Waals surface area contributed by atoms with Gasteiger partial charge in [0.1, 0.15) is 0 Å². The van der Waals surface area contributed by atoms with Crippen LogP contribution in [-0.2, 0) is 9.13 Å². The summed E-state index contributed by atoms with van der Waals surface area (Å²) in [5.41, 5.74) is 0. The first-order valence-electron chi connectivity index (χ1n) is 7.19. The van der Waals surface area contributed by atoms with Gasteiger partial charge in [-0.3, -0.25) is 0 Å². The van der Waals surface area contributed by atoms with Gasteiger partial charge >= 0.3 is 102 Å². The van der Waals surface area contributed by atoms with Crippen LogP contribution in [0.2, 0.25) is 0 Å².